The monoisotopic (exact) mass is 252 g/mol. The third kappa shape index (κ3) is 3.19. The lowest BCUT2D eigenvalue weighted by molar-refractivity contribution is -0.140. The zero-order chi connectivity index (χ0) is 13.9. The lowest BCUT2D eigenvalue weighted by Gasteiger charge is -2.18. The van der Waals surface area contributed by atoms with E-state index in [4.69, 9.17) is 5.11 Å². The first-order valence-electron chi connectivity index (χ1n) is 5.56. The summed E-state index contributed by atoms with van der Waals surface area (Å²) in [5, 5.41) is 11.4. The van der Waals surface area contributed by atoms with Gasteiger partial charge >= 0.3 is 5.97 Å². The minimum atomic E-state index is -1.08. The van der Waals surface area contributed by atoms with Crippen LogP contribution in [0.5, 0.6) is 0 Å². The highest BCUT2D eigenvalue weighted by Crippen LogP contribution is 2.06. The van der Waals surface area contributed by atoms with Gasteiger partial charge in [0.15, 0.2) is 0 Å². The standard InChI is InChI=1S/C12H16N2O4/c1-6(2)10(12(17)18)14-11(16)8-5-13-9(15)4-7(8)3/h4-6,10H,1-3H3,(H,13,15)(H,14,16)(H,17,18)/t10-/m1/s1. The van der Waals surface area contributed by atoms with Gasteiger partial charge in [-0.1, -0.05) is 13.8 Å². The maximum absolute atomic E-state index is 11.9. The predicted octanol–water partition coefficient (Wildman–Crippen LogP) is 0.522. The fourth-order valence-electron chi connectivity index (χ4n) is 1.55. The van der Waals surface area contributed by atoms with Crippen molar-refractivity contribution in [2.45, 2.75) is 26.8 Å². The van der Waals surface area contributed by atoms with Gasteiger partial charge in [-0.25, -0.2) is 4.79 Å². The Morgan fingerprint density at radius 1 is 1.39 bits per heavy atom. The van der Waals surface area contributed by atoms with Gasteiger partial charge in [-0.15, -0.1) is 0 Å². The third-order valence-corrected chi connectivity index (χ3v) is 2.60. The molecule has 1 rings (SSSR count). The summed E-state index contributed by atoms with van der Waals surface area (Å²) in [4.78, 5) is 36.3. The molecule has 98 valence electrons. The van der Waals surface area contributed by atoms with E-state index < -0.39 is 17.9 Å². The molecule has 0 saturated carbocycles. The summed E-state index contributed by atoms with van der Waals surface area (Å²) in [5.74, 6) is -1.82. The van der Waals surface area contributed by atoms with E-state index in [1.165, 1.54) is 12.3 Å². The van der Waals surface area contributed by atoms with Crippen molar-refractivity contribution in [3.05, 3.63) is 33.7 Å². The van der Waals surface area contributed by atoms with Crippen LogP contribution in [0.3, 0.4) is 0 Å². The van der Waals surface area contributed by atoms with Crippen LogP contribution in [-0.2, 0) is 4.79 Å². The van der Waals surface area contributed by atoms with Gasteiger partial charge in [-0.05, 0) is 18.4 Å². The van der Waals surface area contributed by atoms with Crippen LogP contribution in [0.25, 0.3) is 0 Å². The molecule has 0 aliphatic rings. The average Bonchev–Trinajstić information content (AvgIpc) is 2.24. The number of pyridine rings is 1. The van der Waals surface area contributed by atoms with E-state index in [2.05, 4.69) is 10.3 Å². The van der Waals surface area contributed by atoms with E-state index >= 15 is 0 Å². The minimum absolute atomic E-state index is 0.227. The Morgan fingerprint density at radius 3 is 2.44 bits per heavy atom. The number of aromatic amines is 1. The number of hydrogen-bond donors (Lipinski definition) is 3. The molecule has 1 atom stereocenters. The SMILES string of the molecule is Cc1cc(=O)[nH]cc1C(=O)N[C@@H](C(=O)O)C(C)C. The van der Waals surface area contributed by atoms with Gasteiger partial charge in [-0.3, -0.25) is 9.59 Å². The number of aromatic nitrogens is 1. The Bertz CT molecular complexity index is 519. The van der Waals surface area contributed by atoms with Crippen molar-refractivity contribution in [1.29, 1.82) is 0 Å². The zero-order valence-corrected chi connectivity index (χ0v) is 10.5. The number of aliphatic carboxylic acids is 1. The molecule has 1 amide bonds. The summed E-state index contributed by atoms with van der Waals surface area (Å²) in [7, 11) is 0. The Balaban J connectivity index is 2.94. The van der Waals surface area contributed by atoms with Crippen LogP contribution in [0.2, 0.25) is 0 Å². The van der Waals surface area contributed by atoms with Crippen molar-refractivity contribution >= 4 is 11.9 Å². The van der Waals surface area contributed by atoms with Crippen molar-refractivity contribution in [3.63, 3.8) is 0 Å². The van der Waals surface area contributed by atoms with Crippen LogP contribution in [0.1, 0.15) is 29.8 Å². The van der Waals surface area contributed by atoms with E-state index in [9.17, 15) is 14.4 Å². The number of amides is 1. The molecule has 6 nitrogen and oxygen atoms in total. The van der Waals surface area contributed by atoms with Crippen LogP contribution in [0.15, 0.2) is 17.1 Å². The van der Waals surface area contributed by atoms with Gasteiger partial charge in [0, 0.05) is 12.3 Å². The average molecular weight is 252 g/mol. The van der Waals surface area contributed by atoms with Crippen LogP contribution in [0, 0.1) is 12.8 Å². The fourth-order valence-corrected chi connectivity index (χ4v) is 1.55. The number of aryl methyl sites for hydroxylation is 1. The minimum Gasteiger partial charge on any atom is -0.480 e. The quantitative estimate of drug-likeness (QED) is 0.727. The zero-order valence-electron chi connectivity index (χ0n) is 10.5. The molecular weight excluding hydrogens is 236 g/mol. The molecule has 0 bridgehead atoms. The van der Waals surface area contributed by atoms with Gasteiger partial charge in [0.25, 0.3) is 5.91 Å². The summed E-state index contributed by atoms with van der Waals surface area (Å²) in [6.07, 6.45) is 1.28. The summed E-state index contributed by atoms with van der Waals surface area (Å²) in [5.41, 5.74) is 0.466. The maximum Gasteiger partial charge on any atom is 0.326 e. The van der Waals surface area contributed by atoms with Gasteiger partial charge in [0.2, 0.25) is 5.56 Å². The molecule has 0 fully saturated rings. The van der Waals surface area contributed by atoms with E-state index in [-0.39, 0.29) is 17.0 Å². The number of carbonyl (C=O) groups excluding carboxylic acids is 1. The number of hydrogen-bond acceptors (Lipinski definition) is 3. The number of H-pyrrole nitrogens is 1. The Morgan fingerprint density at radius 2 is 2.00 bits per heavy atom. The summed E-state index contributed by atoms with van der Waals surface area (Å²) < 4.78 is 0. The molecule has 1 aromatic rings. The van der Waals surface area contributed by atoms with Crippen LogP contribution in [-0.4, -0.2) is 28.0 Å². The summed E-state index contributed by atoms with van der Waals surface area (Å²) in [6, 6.07) is 0.337. The van der Waals surface area contributed by atoms with E-state index in [0.717, 1.165) is 0 Å². The highest BCUT2D eigenvalue weighted by molar-refractivity contribution is 5.97. The molecule has 6 heteroatoms. The molecule has 1 heterocycles. The number of nitrogens with one attached hydrogen (secondary N) is 2. The molecule has 0 unspecified atom stereocenters. The maximum atomic E-state index is 11.9. The molecule has 3 N–H and O–H groups in total. The van der Waals surface area contributed by atoms with Gasteiger partial charge in [0.1, 0.15) is 6.04 Å². The lowest BCUT2D eigenvalue weighted by atomic mass is 10.0. The van der Waals surface area contributed by atoms with Crippen molar-refractivity contribution in [1.82, 2.24) is 10.3 Å². The molecule has 0 spiro atoms. The Labute approximate surface area is 104 Å². The van der Waals surface area contributed by atoms with Crippen molar-refractivity contribution in [2.24, 2.45) is 5.92 Å². The van der Waals surface area contributed by atoms with E-state index in [0.29, 0.717) is 5.56 Å². The summed E-state index contributed by atoms with van der Waals surface area (Å²) in [6.45, 7) is 5.03. The second-order valence-electron chi connectivity index (χ2n) is 4.43. The van der Waals surface area contributed by atoms with Crippen molar-refractivity contribution in [2.75, 3.05) is 0 Å². The molecule has 0 radical (unpaired) electrons. The number of carboxylic acid groups (broad SMARTS) is 1. The predicted molar refractivity (Wildman–Crippen MR) is 65.5 cm³/mol. The fraction of sp³-hybridized carbons (Fsp3) is 0.417. The third-order valence-electron chi connectivity index (χ3n) is 2.60. The lowest BCUT2D eigenvalue weighted by Crippen LogP contribution is -2.44. The van der Waals surface area contributed by atoms with Crippen LogP contribution < -0.4 is 10.9 Å². The largest absolute Gasteiger partial charge is 0.480 e. The highest BCUT2D eigenvalue weighted by atomic mass is 16.4. The first-order chi connectivity index (χ1) is 8.32. The molecule has 0 saturated heterocycles. The molecule has 0 aliphatic carbocycles. The molecule has 0 aromatic carbocycles. The number of carboxylic acids is 1. The van der Waals surface area contributed by atoms with Crippen LogP contribution in [0.4, 0.5) is 0 Å². The van der Waals surface area contributed by atoms with Gasteiger partial charge in [-0.2, -0.15) is 0 Å². The smallest absolute Gasteiger partial charge is 0.326 e. The number of rotatable bonds is 4. The second-order valence-corrected chi connectivity index (χ2v) is 4.43. The normalized spacial score (nSPS) is 12.2. The molecular formula is C12H16N2O4. The first-order valence-corrected chi connectivity index (χ1v) is 5.56. The molecule has 1 aromatic heterocycles. The number of carbonyl (C=O) groups is 2. The topological polar surface area (TPSA) is 99.3 Å². The Kier molecular flexibility index (Phi) is 4.25. The van der Waals surface area contributed by atoms with E-state index in [1.54, 1.807) is 20.8 Å². The van der Waals surface area contributed by atoms with Gasteiger partial charge in [0.05, 0.1) is 5.56 Å². The highest BCUT2D eigenvalue weighted by Gasteiger charge is 2.24. The Hall–Kier alpha value is -2.11. The first kappa shape index (κ1) is 14.0. The van der Waals surface area contributed by atoms with Crippen molar-refractivity contribution < 1.29 is 14.7 Å². The molecule has 0 aliphatic heterocycles. The molecule has 18 heavy (non-hydrogen) atoms. The second kappa shape index (κ2) is 5.48. The van der Waals surface area contributed by atoms with Gasteiger partial charge < -0.3 is 15.4 Å². The van der Waals surface area contributed by atoms with E-state index in [1.807, 2.05) is 0 Å². The van der Waals surface area contributed by atoms with Crippen molar-refractivity contribution in [3.8, 4) is 0 Å². The summed E-state index contributed by atoms with van der Waals surface area (Å²) >= 11 is 0. The van der Waals surface area contributed by atoms with Crippen LogP contribution >= 0.6 is 0 Å².